The molecule has 1 aliphatic carbocycles. The number of hydrogen-bond donors (Lipinski definition) is 2. The highest BCUT2D eigenvalue weighted by Crippen LogP contribution is 2.32. The van der Waals surface area contributed by atoms with Gasteiger partial charge in [0, 0.05) is 37.5 Å². The normalized spacial score (nSPS) is 15.3. The molecule has 21 heavy (non-hydrogen) atoms. The molecule has 0 atom stereocenters. The maximum absolute atomic E-state index is 9.19. The Balaban J connectivity index is 2.20. The number of aliphatic hydroxyl groups excluding tert-OH is 1. The summed E-state index contributed by atoms with van der Waals surface area (Å²) in [7, 11) is 0. The molecule has 2 rings (SSSR count). The minimum Gasteiger partial charge on any atom is -0.396 e. The fourth-order valence-corrected chi connectivity index (χ4v) is 2.89. The Kier molecular flexibility index (Phi) is 6.07. The SMILES string of the molecule is Cc1ccc(N(CCCO)C2CCC2)c(CNC(C)C)c1. The molecule has 1 aliphatic rings. The molecule has 0 aromatic heterocycles. The first-order chi connectivity index (χ1) is 10.1. The summed E-state index contributed by atoms with van der Waals surface area (Å²) in [5.74, 6) is 0. The van der Waals surface area contributed by atoms with Crippen molar-refractivity contribution in [2.24, 2.45) is 0 Å². The van der Waals surface area contributed by atoms with Crippen LogP contribution in [0.1, 0.15) is 50.7 Å². The standard InChI is InChI=1S/C18H30N2O/c1-14(2)19-13-16-12-15(3)8-9-18(16)20(10-5-11-21)17-6-4-7-17/h8-9,12,14,17,19,21H,4-7,10-11,13H2,1-3H3. The van der Waals surface area contributed by atoms with Crippen LogP contribution in [0, 0.1) is 6.92 Å². The van der Waals surface area contributed by atoms with E-state index in [-0.39, 0.29) is 6.61 Å². The lowest BCUT2D eigenvalue weighted by Gasteiger charge is -2.40. The van der Waals surface area contributed by atoms with Gasteiger partial charge in [0.15, 0.2) is 0 Å². The van der Waals surface area contributed by atoms with Gasteiger partial charge in [-0.3, -0.25) is 0 Å². The van der Waals surface area contributed by atoms with Crippen LogP contribution < -0.4 is 10.2 Å². The largest absolute Gasteiger partial charge is 0.396 e. The van der Waals surface area contributed by atoms with Crippen LogP contribution in [0.5, 0.6) is 0 Å². The van der Waals surface area contributed by atoms with Crippen molar-refractivity contribution in [2.75, 3.05) is 18.1 Å². The summed E-state index contributed by atoms with van der Waals surface area (Å²) in [5, 5.41) is 12.7. The summed E-state index contributed by atoms with van der Waals surface area (Å²) in [6, 6.07) is 7.93. The second-order valence-corrected chi connectivity index (χ2v) is 6.52. The predicted molar refractivity (Wildman–Crippen MR) is 89.8 cm³/mol. The van der Waals surface area contributed by atoms with E-state index in [4.69, 9.17) is 0 Å². The third-order valence-electron chi connectivity index (χ3n) is 4.32. The lowest BCUT2D eigenvalue weighted by molar-refractivity contribution is 0.283. The first-order valence-electron chi connectivity index (χ1n) is 8.32. The molecule has 0 bridgehead atoms. The summed E-state index contributed by atoms with van der Waals surface area (Å²) in [6.45, 7) is 8.67. The van der Waals surface area contributed by atoms with Crippen molar-refractivity contribution in [3.05, 3.63) is 29.3 Å². The number of anilines is 1. The summed E-state index contributed by atoms with van der Waals surface area (Å²) in [4.78, 5) is 2.52. The van der Waals surface area contributed by atoms with Crippen molar-refractivity contribution in [3.8, 4) is 0 Å². The minimum atomic E-state index is 0.272. The maximum atomic E-state index is 9.19. The van der Waals surface area contributed by atoms with Crippen molar-refractivity contribution in [2.45, 2.75) is 65.1 Å². The number of aryl methyl sites for hydroxylation is 1. The van der Waals surface area contributed by atoms with Crippen LogP contribution in [-0.2, 0) is 6.54 Å². The van der Waals surface area contributed by atoms with E-state index in [0.717, 1.165) is 19.5 Å². The van der Waals surface area contributed by atoms with Gasteiger partial charge in [-0.05, 0) is 44.2 Å². The molecular formula is C18H30N2O. The Morgan fingerprint density at radius 1 is 1.33 bits per heavy atom. The molecular weight excluding hydrogens is 260 g/mol. The molecule has 0 spiro atoms. The fourth-order valence-electron chi connectivity index (χ4n) is 2.89. The molecule has 0 unspecified atom stereocenters. The van der Waals surface area contributed by atoms with Gasteiger partial charge in [0.1, 0.15) is 0 Å². The van der Waals surface area contributed by atoms with Gasteiger partial charge in [-0.1, -0.05) is 31.5 Å². The number of hydrogen-bond acceptors (Lipinski definition) is 3. The van der Waals surface area contributed by atoms with E-state index in [0.29, 0.717) is 12.1 Å². The average Bonchev–Trinajstić information content (AvgIpc) is 2.39. The average molecular weight is 290 g/mol. The smallest absolute Gasteiger partial charge is 0.0447 e. The quantitative estimate of drug-likeness (QED) is 0.771. The number of nitrogens with zero attached hydrogens (tertiary/aromatic N) is 1. The predicted octanol–water partition coefficient (Wildman–Crippen LogP) is 3.23. The number of benzene rings is 1. The van der Waals surface area contributed by atoms with Crippen LogP contribution >= 0.6 is 0 Å². The van der Waals surface area contributed by atoms with Crippen molar-refractivity contribution >= 4 is 5.69 Å². The lowest BCUT2D eigenvalue weighted by Crippen LogP contribution is -2.42. The van der Waals surface area contributed by atoms with E-state index >= 15 is 0 Å². The molecule has 0 radical (unpaired) electrons. The first kappa shape index (κ1) is 16.3. The maximum Gasteiger partial charge on any atom is 0.0447 e. The van der Waals surface area contributed by atoms with Crippen molar-refractivity contribution in [1.82, 2.24) is 5.32 Å². The topological polar surface area (TPSA) is 35.5 Å². The van der Waals surface area contributed by atoms with Crippen molar-refractivity contribution < 1.29 is 5.11 Å². The van der Waals surface area contributed by atoms with Crippen LogP contribution in [0.2, 0.25) is 0 Å². The van der Waals surface area contributed by atoms with E-state index in [1.165, 1.54) is 36.1 Å². The Bertz CT molecular complexity index is 441. The molecule has 0 amide bonds. The monoisotopic (exact) mass is 290 g/mol. The summed E-state index contributed by atoms with van der Waals surface area (Å²) < 4.78 is 0. The molecule has 1 fully saturated rings. The molecule has 118 valence electrons. The molecule has 3 heteroatoms. The molecule has 3 nitrogen and oxygen atoms in total. The van der Waals surface area contributed by atoms with Crippen LogP contribution in [0.4, 0.5) is 5.69 Å². The zero-order valence-electron chi connectivity index (χ0n) is 13.7. The van der Waals surface area contributed by atoms with Crippen LogP contribution in [-0.4, -0.2) is 30.3 Å². The Morgan fingerprint density at radius 3 is 2.67 bits per heavy atom. The number of rotatable bonds is 8. The molecule has 0 saturated heterocycles. The highest BCUT2D eigenvalue weighted by Gasteiger charge is 2.26. The van der Waals surface area contributed by atoms with Gasteiger partial charge in [-0.2, -0.15) is 0 Å². The first-order valence-corrected chi connectivity index (χ1v) is 8.32. The highest BCUT2D eigenvalue weighted by atomic mass is 16.3. The van der Waals surface area contributed by atoms with Crippen LogP contribution in [0.15, 0.2) is 18.2 Å². The Labute approximate surface area is 129 Å². The van der Waals surface area contributed by atoms with Crippen molar-refractivity contribution in [1.29, 1.82) is 0 Å². The zero-order chi connectivity index (χ0) is 15.2. The van der Waals surface area contributed by atoms with Gasteiger partial charge >= 0.3 is 0 Å². The number of aliphatic hydroxyl groups is 1. The molecule has 1 saturated carbocycles. The third-order valence-corrected chi connectivity index (χ3v) is 4.32. The van der Waals surface area contributed by atoms with E-state index in [1.54, 1.807) is 0 Å². The molecule has 0 aliphatic heterocycles. The van der Waals surface area contributed by atoms with Gasteiger partial charge in [0.2, 0.25) is 0 Å². The minimum absolute atomic E-state index is 0.272. The van der Waals surface area contributed by atoms with E-state index < -0.39 is 0 Å². The van der Waals surface area contributed by atoms with Gasteiger partial charge in [0.25, 0.3) is 0 Å². The Hall–Kier alpha value is -1.06. The van der Waals surface area contributed by atoms with E-state index in [1.807, 2.05) is 0 Å². The summed E-state index contributed by atoms with van der Waals surface area (Å²) in [5.41, 5.74) is 4.05. The third kappa shape index (κ3) is 4.45. The molecule has 2 N–H and O–H groups in total. The van der Waals surface area contributed by atoms with E-state index in [2.05, 4.69) is 49.2 Å². The zero-order valence-corrected chi connectivity index (χ0v) is 13.7. The second kappa shape index (κ2) is 7.81. The van der Waals surface area contributed by atoms with Gasteiger partial charge < -0.3 is 15.3 Å². The van der Waals surface area contributed by atoms with Crippen LogP contribution in [0.3, 0.4) is 0 Å². The summed E-state index contributed by atoms with van der Waals surface area (Å²) in [6.07, 6.45) is 4.76. The molecule has 1 aromatic rings. The molecule has 0 heterocycles. The second-order valence-electron chi connectivity index (χ2n) is 6.52. The van der Waals surface area contributed by atoms with Gasteiger partial charge in [0.05, 0.1) is 0 Å². The number of nitrogens with one attached hydrogen (secondary N) is 1. The molecule has 1 aromatic carbocycles. The lowest BCUT2D eigenvalue weighted by atomic mass is 9.90. The summed E-state index contributed by atoms with van der Waals surface area (Å²) >= 11 is 0. The van der Waals surface area contributed by atoms with Crippen molar-refractivity contribution in [3.63, 3.8) is 0 Å². The van der Waals surface area contributed by atoms with E-state index in [9.17, 15) is 5.11 Å². The van der Waals surface area contributed by atoms with Gasteiger partial charge in [-0.25, -0.2) is 0 Å². The highest BCUT2D eigenvalue weighted by molar-refractivity contribution is 5.56. The fraction of sp³-hybridized carbons (Fsp3) is 0.667. The van der Waals surface area contributed by atoms with Gasteiger partial charge in [-0.15, -0.1) is 0 Å². The Morgan fingerprint density at radius 2 is 2.10 bits per heavy atom. The van der Waals surface area contributed by atoms with Crippen LogP contribution in [0.25, 0.3) is 0 Å².